The average Bonchev–Trinajstić information content (AvgIpc) is 2.28. The van der Waals surface area contributed by atoms with Crippen molar-refractivity contribution in [1.82, 2.24) is 5.32 Å². The molecule has 0 saturated carbocycles. The number of nitrogens with one attached hydrogen (secondary N) is 1. The summed E-state index contributed by atoms with van der Waals surface area (Å²) in [5.74, 6) is -0.401. The monoisotopic (exact) mass is 260 g/mol. The molecule has 0 spiro atoms. The lowest BCUT2D eigenvalue weighted by Crippen LogP contribution is -2.46. The standard InChI is InChI=1S/C12H24N2O4/c1-9(14-18-5)6-7-13-11(16)10(15)12(2,3)8-17-4/h10,15H,6-8H2,1-5H3,(H,13,16)/b14-9+. The van der Waals surface area contributed by atoms with Gasteiger partial charge in [0.15, 0.2) is 0 Å². The fourth-order valence-corrected chi connectivity index (χ4v) is 1.47. The topological polar surface area (TPSA) is 80.2 Å². The number of ether oxygens (including phenoxy) is 1. The molecule has 0 saturated heterocycles. The van der Waals surface area contributed by atoms with Crippen LogP contribution in [0.25, 0.3) is 0 Å². The van der Waals surface area contributed by atoms with Crippen molar-refractivity contribution in [2.24, 2.45) is 10.6 Å². The molecule has 1 amide bonds. The van der Waals surface area contributed by atoms with Gasteiger partial charge in [-0.05, 0) is 6.92 Å². The highest BCUT2D eigenvalue weighted by molar-refractivity contribution is 5.84. The van der Waals surface area contributed by atoms with E-state index in [0.29, 0.717) is 19.6 Å². The number of oxime groups is 1. The van der Waals surface area contributed by atoms with Gasteiger partial charge in [0.05, 0.1) is 12.3 Å². The Balaban J connectivity index is 4.13. The van der Waals surface area contributed by atoms with Crippen LogP contribution >= 0.6 is 0 Å². The Bertz CT molecular complexity index is 290. The van der Waals surface area contributed by atoms with Gasteiger partial charge in [-0.2, -0.15) is 0 Å². The molecule has 0 aliphatic heterocycles. The Labute approximate surface area is 108 Å². The van der Waals surface area contributed by atoms with E-state index in [1.54, 1.807) is 20.8 Å². The van der Waals surface area contributed by atoms with Crippen LogP contribution in [0.15, 0.2) is 5.16 Å². The van der Waals surface area contributed by atoms with Gasteiger partial charge in [-0.1, -0.05) is 19.0 Å². The van der Waals surface area contributed by atoms with E-state index in [1.807, 2.05) is 0 Å². The molecule has 18 heavy (non-hydrogen) atoms. The predicted molar refractivity (Wildman–Crippen MR) is 69.4 cm³/mol. The highest BCUT2D eigenvalue weighted by Gasteiger charge is 2.33. The minimum Gasteiger partial charge on any atom is -0.399 e. The van der Waals surface area contributed by atoms with Crippen molar-refractivity contribution in [1.29, 1.82) is 0 Å². The molecule has 0 aliphatic rings. The number of methoxy groups -OCH3 is 1. The molecule has 0 fully saturated rings. The summed E-state index contributed by atoms with van der Waals surface area (Å²) >= 11 is 0. The van der Waals surface area contributed by atoms with Gasteiger partial charge in [-0.25, -0.2) is 0 Å². The fraction of sp³-hybridized carbons (Fsp3) is 0.833. The van der Waals surface area contributed by atoms with E-state index < -0.39 is 17.4 Å². The third-order valence-electron chi connectivity index (χ3n) is 2.54. The first-order chi connectivity index (χ1) is 8.35. The Hall–Kier alpha value is -1.14. The molecule has 0 bridgehead atoms. The lowest BCUT2D eigenvalue weighted by atomic mass is 9.87. The van der Waals surface area contributed by atoms with E-state index in [-0.39, 0.29) is 0 Å². The van der Waals surface area contributed by atoms with Crippen LogP contribution in [0.1, 0.15) is 27.2 Å². The summed E-state index contributed by atoms with van der Waals surface area (Å²) in [5.41, 5.74) is 0.164. The van der Waals surface area contributed by atoms with Crippen molar-refractivity contribution in [2.75, 3.05) is 27.4 Å². The van der Waals surface area contributed by atoms with Crippen LogP contribution in [0.2, 0.25) is 0 Å². The van der Waals surface area contributed by atoms with Gasteiger partial charge in [0.1, 0.15) is 13.2 Å². The summed E-state index contributed by atoms with van der Waals surface area (Å²) < 4.78 is 4.98. The molecule has 0 aromatic heterocycles. The zero-order valence-corrected chi connectivity index (χ0v) is 11.8. The van der Waals surface area contributed by atoms with Crippen LogP contribution in [-0.2, 0) is 14.4 Å². The Morgan fingerprint density at radius 3 is 2.56 bits per heavy atom. The van der Waals surface area contributed by atoms with E-state index in [0.717, 1.165) is 5.71 Å². The zero-order chi connectivity index (χ0) is 14.2. The number of hydrogen-bond acceptors (Lipinski definition) is 5. The second kappa shape index (κ2) is 8.05. The van der Waals surface area contributed by atoms with Crippen molar-refractivity contribution < 1.29 is 19.5 Å². The smallest absolute Gasteiger partial charge is 0.249 e. The number of carbonyl (C=O) groups is 1. The number of nitrogens with zero attached hydrogens (tertiary/aromatic N) is 1. The summed E-state index contributed by atoms with van der Waals surface area (Å²) in [5, 5.41) is 16.3. The van der Waals surface area contributed by atoms with Crippen LogP contribution in [0, 0.1) is 5.41 Å². The molecule has 1 unspecified atom stereocenters. The summed E-state index contributed by atoms with van der Waals surface area (Å²) in [7, 11) is 3.01. The molecule has 0 aliphatic carbocycles. The number of carbonyl (C=O) groups excluding carboxylic acids is 1. The van der Waals surface area contributed by atoms with Crippen molar-refractivity contribution in [3.8, 4) is 0 Å². The predicted octanol–water partition coefficient (Wildman–Crippen LogP) is 0.549. The van der Waals surface area contributed by atoms with Crippen molar-refractivity contribution in [2.45, 2.75) is 33.3 Å². The van der Waals surface area contributed by atoms with Crippen molar-refractivity contribution in [3.63, 3.8) is 0 Å². The van der Waals surface area contributed by atoms with Crippen LogP contribution in [-0.4, -0.2) is 50.2 Å². The van der Waals surface area contributed by atoms with E-state index in [9.17, 15) is 9.90 Å². The summed E-state index contributed by atoms with van der Waals surface area (Å²) in [6, 6.07) is 0. The second-order valence-corrected chi connectivity index (χ2v) is 4.87. The van der Waals surface area contributed by atoms with Gasteiger partial charge < -0.3 is 20.0 Å². The quantitative estimate of drug-likeness (QED) is 0.493. The molecule has 0 aromatic carbocycles. The molecule has 0 rings (SSSR count). The van der Waals surface area contributed by atoms with Gasteiger partial charge in [0.25, 0.3) is 0 Å². The highest BCUT2D eigenvalue weighted by atomic mass is 16.6. The summed E-state index contributed by atoms with van der Waals surface area (Å²) in [4.78, 5) is 16.3. The van der Waals surface area contributed by atoms with E-state index in [4.69, 9.17) is 4.74 Å². The molecular formula is C12H24N2O4. The van der Waals surface area contributed by atoms with E-state index >= 15 is 0 Å². The number of amides is 1. The Kier molecular flexibility index (Phi) is 7.54. The van der Waals surface area contributed by atoms with E-state index in [1.165, 1.54) is 14.2 Å². The van der Waals surface area contributed by atoms with Crippen molar-refractivity contribution in [3.05, 3.63) is 0 Å². The third-order valence-corrected chi connectivity index (χ3v) is 2.54. The first-order valence-corrected chi connectivity index (χ1v) is 5.86. The number of aliphatic hydroxyl groups excluding tert-OH is 1. The third kappa shape index (κ3) is 5.97. The van der Waals surface area contributed by atoms with Gasteiger partial charge in [0, 0.05) is 25.5 Å². The number of aliphatic hydroxyl groups is 1. The van der Waals surface area contributed by atoms with E-state index in [2.05, 4.69) is 15.3 Å². The lowest BCUT2D eigenvalue weighted by Gasteiger charge is -2.28. The molecule has 0 heterocycles. The molecule has 6 heteroatoms. The molecule has 0 aromatic rings. The van der Waals surface area contributed by atoms with Crippen LogP contribution in [0.3, 0.4) is 0 Å². The molecule has 6 nitrogen and oxygen atoms in total. The normalized spacial score (nSPS) is 14.2. The van der Waals surface area contributed by atoms with Gasteiger partial charge >= 0.3 is 0 Å². The lowest BCUT2D eigenvalue weighted by molar-refractivity contribution is -0.137. The minimum absolute atomic E-state index is 0.311. The SMILES string of the molecule is COCC(C)(C)C(O)C(=O)NCC/C(C)=N/OC. The maximum Gasteiger partial charge on any atom is 0.249 e. The largest absolute Gasteiger partial charge is 0.399 e. The van der Waals surface area contributed by atoms with Gasteiger partial charge in [-0.3, -0.25) is 4.79 Å². The van der Waals surface area contributed by atoms with Crippen LogP contribution in [0.5, 0.6) is 0 Å². The number of hydrogen-bond donors (Lipinski definition) is 2. The number of rotatable bonds is 8. The molecule has 106 valence electrons. The van der Waals surface area contributed by atoms with Crippen LogP contribution < -0.4 is 5.32 Å². The summed E-state index contributed by atoms with van der Waals surface area (Å²) in [6.45, 7) is 6.08. The fourth-order valence-electron chi connectivity index (χ4n) is 1.47. The second-order valence-electron chi connectivity index (χ2n) is 4.87. The average molecular weight is 260 g/mol. The minimum atomic E-state index is -1.10. The van der Waals surface area contributed by atoms with Crippen LogP contribution in [0.4, 0.5) is 0 Å². The first-order valence-electron chi connectivity index (χ1n) is 5.86. The molecule has 1 atom stereocenters. The zero-order valence-electron chi connectivity index (χ0n) is 11.8. The highest BCUT2D eigenvalue weighted by Crippen LogP contribution is 2.20. The van der Waals surface area contributed by atoms with Gasteiger partial charge in [-0.15, -0.1) is 0 Å². The molecular weight excluding hydrogens is 236 g/mol. The summed E-state index contributed by atoms with van der Waals surface area (Å²) in [6.07, 6.45) is -0.520. The maximum atomic E-state index is 11.7. The van der Waals surface area contributed by atoms with Crippen molar-refractivity contribution >= 4 is 11.6 Å². The Morgan fingerprint density at radius 1 is 1.44 bits per heavy atom. The maximum absolute atomic E-state index is 11.7. The molecule has 2 N–H and O–H groups in total. The molecule has 0 radical (unpaired) electrons. The Morgan fingerprint density at radius 2 is 2.06 bits per heavy atom. The van der Waals surface area contributed by atoms with Gasteiger partial charge in [0.2, 0.25) is 5.91 Å². The first kappa shape index (κ1) is 16.9.